The van der Waals surface area contributed by atoms with Gasteiger partial charge in [0.05, 0.1) is 18.9 Å². The van der Waals surface area contributed by atoms with Gasteiger partial charge in [-0.1, -0.05) is 12.8 Å². The van der Waals surface area contributed by atoms with Gasteiger partial charge in [-0.25, -0.2) is 0 Å². The average Bonchev–Trinajstić information content (AvgIpc) is 2.96. The number of H-pyrrole nitrogens is 1. The minimum absolute atomic E-state index is 0.219. The zero-order valence-electron chi connectivity index (χ0n) is 9.11. The van der Waals surface area contributed by atoms with Crippen LogP contribution in [0.15, 0.2) is 6.20 Å². The Kier molecular flexibility index (Phi) is 3.87. The molecular formula is C10H16N4O2. The van der Waals surface area contributed by atoms with Crippen LogP contribution in [0.3, 0.4) is 0 Å². The second kappa shape index (κ2) is 5.60. The lowest BCUT2D eigenvalue weighted by Gasteiger charge is -2.10. The molecule has 16 heavy (non-hydrogen) atoms. The molecule has 6 heteroatoms. The summed E-state index contributed by atoms with van der Waals surface area (Å²) in [4.78, 5) is 11.4. The van der Waals surface area contributed by atoms with Crippen LogP contribution in [-0.4, -0.2) is 40.6 Å². The largest absolute Gasteiger partial charge is 0.376 e. The van der Waals surface area contributed by atoms with Crippen molar-refractivity contribution < 1.29 is 9.53 Å². The third-order valence-corrected chi connectivity index (χ3v) is 2.69. The zero-order chi connectivity index (χ0) is 11.2. The van der Waals surface area contributed by atoms with E-state index in [1.807, 2.05) is 0 Å². The van der Waals surface area contributed by atoms with Crippen LogP contribution in [0, 0.1) is 0 Å². The standard InChI is InChI=1S/C10H16N4O2/c15-10(9-7-12-14-13-9)11-5-6-16-8-3-1-2-4-8/h7-8H,1-6H2,(H,11,15)(H,12,13,14). The van der Waals surface area contributed by atoms with E-state index in [1.54, 1.807) is 0 Å². The molecule has 0 spiro atoms. The van der Waals surface area contributed by atoms with Crippen molar-refractivity contribution in [2.45, 2.75) is 31.8 Å². The quantitative estimate of drug-likeness (QED) is 0.713. The van der Waals surface area contributed by atoms with Gasteiger partial charge in [-0.2, -0.15) is 15.4 Å². The summed E-state index contributed by atoms with van der Waals surface area (Å²) >= 11 is 0. The first-order valence-electron chi connectivity index (χ1n) is 5.62. The van der Waals surface area contributed by atoms with E-state index in [-0.39, 0.29) is 5.91 Å². The number of carbonyl (C=O) groups is 1. The molecule has 2 rings (SSSR count). The fourth-order valence-corrected chi connectivity index (χ4v) is 1.85. The number of aromatic amines is 1. The average molecular weight is 224 g/mol. The topological polar surface area (TPSA) is 79.9 Å². The van der Waals surface area contributed by atoms with Crippen LogP contribution in [-0.2, 0) is 4.74 Å². The minimum Gasteiger partial charge on any atom is -0.376 e. The molecule has 2 N–H and O–H groups in total. The molecule has 0 radical (unpaired) electrons. The Morgan fingerprint density at radius 3 is 3.06 bits per heavy atom. The Labute approximate surface area is 93.8 Å². The fraction of sp³-hybridized carbons (Fsp3) is 0.700. The summed E-state index contributed by atoms with van der Waals surface area (Å²) in [5.41, 5.74) is 0.306. The van der Waals surface area contributed by atoms with Crippen molar-refractivity contribution in [3.63, 3.8) is 0 Å². The third-order valence-electron chi connectivity index (χ3n) is 2.69. The van der Waals surface area contributed by atoms with Crippen LogP contribution in [0.2, 0.25) is 0 Å². The van der Waals surface area contributed by atoms with E-state index in [9.17, 15) is 4.79 Å². The van der Waals surface area contributed by atoms with Gasteiger partial charge in [0.15, 0.2) is 5.69 Å². The lowest BCUT2D eigenvalue weighted by molar-refractivity contribution is 0.0581. The van der Waals surface area contributed by atoms with Gasteiger partial charge < -0.3 is 10.1 Å². The maximum absolute atomic E-state index is 11.4. The van der Waals surface area contributed by atoms with Crippen molar-refractivity contribution in [2.24, 2.45) is 0 Å². The molecule has 1 aromatic heterocycles. The van der Waals surface area contributed by atoms with Crippen LogP contribution in [0.25, 0.3) is 0 Å². The third kappa shape index (κ3) is 3.03. The number of ether oxygens (including phenoxy) is 1. The molecule has 0 saturated heterocycles. The van der Waals surface area contributed by atoms with Crippen molar-refractivity contribution in [1.29, 1.82) is 0 Å². The molecule has 0 aliphatic heterocycles. The Morgan fingerprint density at radius 2 is 2.38 bits per heavy atom. The first kappa shape index (κ1) is 11.1. The van der Waals surface area contributed by atoms with E-state index in [2.05, 4.69) is 20.7 Å². The molecule has 1 aromatic rings. The summed E-state index contributed by atoms with van der Waals surface area (Å²) < 4.78 is 5.61. The summed E-state index contributed by atoms with van der Waals surface area (Å²) in [5, 5.41) is 12.4. The van der Waals surface area contributed by atoms with Crippen molar-refractivity contribution in [3.05, 3.63) is 11.9 Å². The van der Waals surface area contributed by atoms with Gasteiger partial charge in [0.2, 0.25) is 0 Å². The van der Waals surface area contributed by atoms with Crippen molar-refractivity contribution in [1.82, 2.24) is 20.7 Å². The van der Waals surface area contributed by atoms with Crippen LogP contribution in [0.1, 0.15) is 36.2 Å². The van der Waals surface area contributed by atoms with Gasteiger partial charge in [-0.05, 0) is 12.8 Å². The second-order valence-electron chi connectivity index (χ2n) is 3.89. The number of nitrogens with zero attached hydrogens (tertiary/aromatic N) is 2. The van der Waals surface area contributed by atoms with Gasteiger partial charge >= 0.3 is 0 Å². The highest BCUT2D eigenvalue weighted by atomic mass is 16.5. The number of aromatic nitrogens is 3. The lowest BCUT2D eigenvalue weighted by atomic mass is 10.3. The number of hydrogen-bond donors (Lipinski definition) is 2. The smallest absolute Gasteiger partial charge is 0.273 e. The number of hydrogen-bond acceptors (Lipinski definition) is 4. The fourth-order valence-electron chi connectivity index (χ4n) is 1.85. The number of nitrogens with one attached hydrogen (secondary N) is 2. The first-order chi connectivity index (χ1) is 7.86. The molecule has 1 saturated carbocycles. The van der Waals surface area contributed by atoms with Gasteiger partial charge in [-0.15, -0.1) is 0 Å². The molecule has 1 heterocycles. The Hall–Kier alpha value is -1.43. The number of rotatable bonds is 5. The predicted octanol–water partition coefficient (Wildman–Crippen LogP) is 0.494. The van der Waals surface area contributed by atoms with Crippen LogP contribution < -0.4 is 5.32 Å². The van der Waals surface area contributed by atoms with Gasteiger partial charge in [-0.3, -0.25) is 4.79 Å². The van der Waals surface area contributed by atoms with Crippen molar-refractivity contribution in [2.75, 3.05) is 13.2 Å². The van der Waals surface area contributed by atoms with E-state index in [0.29, 0.717) is 24.9 Å². The Morgan fingerprint density at radius 1 is 1.56 bits per heavy atom. The highest BCUT2D eigenvalue weighted by Crippen LogP contribution is 2.20. The molecule has 1 aliphatic rings. The van der Waals surface area contributed by atoms with Crippen molar-refractivity contribution >= 4 is 5.91 Å². The molecular weight excluding hydrogens is 208 g/mol. The van der Waals surface area contributed by atoms with Gasteiger partial charge in [0.1, 0.15) is 0 Å². The molecule has 0 unspecified atom stereocenters. The predicted molar refractivity (Wildman–Crippen MR) is 56.9 cm³/mol. The Balaban J connectivity index is 1.59. The number of amides is 1. The molecule has 0 bridgehead atoms. The van der Waals surface area contributed by atoms with E-state index in [0.717, 1.165) is 12.8 Å². The maximum atomic E-state index is 11.4. The van der Waals surface area contributed by atoms with Crippen LogP contribution in [0.4, 0.5) is 0 Å². The maximum Gasteiger partial charge on any atom is 0.273 e. The van der Waals surface area contributed by atoms with Gasteiger partial charge in [0, 0.05) is 6.54 Å². The van der Waals surface area contributed by atoms with E-state index < -0.39 is 0 Å². The normalized spacial score (nSPS) is 16.5. The highest BCUT2D eigenvalue weighted by molar-refractivity contribution is 5.91. The monoisotopic (exact) mass is 224 g/mol. The number of carbonyl (C=O) groups excluding carboxylic acids is 1. The zero-order valence-corrected chi connectivity index (χ0v) is 9.11. The summed E-state index contributed by atoms with van der Waals surface area (Å²) in [5.74, 6) is -0.219. The minimum atomic E-state index is -0.219. The van der Waals surface area contributed by atoms with E-state index in [4.69, 9.17) is 4.74 Å². The van der Waals surface area contributed by atoms with E-state index in [1.165, 1.54) is 19.0 Å². The Bertz CT molecular complexity index is 320. The van der Waals surface area contributed by atoms with Gasteiger partial charge in [0.25, 0.3) is 5.91 Å². The second-order valence-corrected chi connectivity index (χ2v) is 3.89. The van der Waals surface area contributed by atoms with E-state index >= 15 is 0 Å². The summed E-state index contributed by atoms with van der Waals surface area (Å²) in [6.07, 6.45) is 6.61. The SMILES string of the molecule is O=C(NCCOC1CCCC1)c1cn[nH]n1. The van der Waals surface area contributed by atoms with Crippen LogP contribution in [0.5, 0.6) is 0 Å². The summed E-state index contributed by atoms with van der Waals surface area (Å²) in [6.45, 7) is 1.08. The summed E-state index contributed by atoms with van der Waals surface area (Å²) in [6, 6.07) is 0. The molecule has 1 aliphatic carbocycles. The molecule has 0 atom stereocenters. The van der Waals surface area contributed by atoms with Crippen LogP contribution >= 0.6 is 0 Å². The molecule has 0 aromatic carbocycles. The molecule has 1 fully saturated rings. The first-order valence-corrected chi connectivity index (χ1v) is 5.62. The lowest BCUT2D eigenvalue weighted by Crippen LogP contribution is -2.28. The molecule has 6 nitrogen and oxygen atoms in total. The highest BCUT2D eigenvalue weighted by Gasteiger charge is 2.15. The van der Waals surface area contributed by atoms with Crippen molar-refractivity contribution in [3.8, 4) is 0 Å². The molecule has 1 amide bonds. The summed E-state index contributed by atoms with van der Waals surface area (Å²) in [7, 11) is 0. The molecule has 88 valence electrons.